The van der Waals surface area contributed by atoms with Crippen LogP contribution in [0.25, 0.3) is 0 Å². The monoisotopic (exact) mass is 261 g/mol. The fraction of sp³-hybridized carbons (Fsp3) is 0.944. The van der Waals surface area contributed by atoms with E-state index in [0.29, 0.717) is 5.92 Å². The first kappa shape index (κ1) is 14.9. The van der Waals surface area contributed by atoms with Crippen LogP contribution in [0, 0.1) is 35.0 Å². The molecule has 0 heterocycles. The van der Waals surface area contributed by atoms with Crippen LogP contribution in [0.1, 0.15) is 84.0 Å². The molecule has 0 spiro atoms. The van der Waals surface area contributed by atoms with E-state index in [4.69, 9.17) is 5.26 Å². The van der Waals surface area contributed by atoms with E-state index >= 15 is 0 Å². The van der Waals surface area contributed by atoms with E-state index in [2.05, 4.69) is 13.0 Å². The molecule has 0 saturated heterocycles. The molecule has 19 heavy (non-hydrogen) atoms. The Balaban J connectivity index is 1.69. The summed E-state index contributed by atoms with van der Waals surface area (Å²) in [5, 5.41) is 9.12. The van der Waals surface area contributed by atoms with E-state index in [9.17, 15) is 0 Å². The highest BCUT2D eigenvalue weighted by Crippen LogP contribution is 2.42. The first-order chi connectivity index (χ1) is 9.33. The van der Waals surface area contributed by atoms with E-state index in [1.54, 1.807) is 0 Å². The second-order valence-electron chi connectivity index (χ2n) is 7.03. The van der Waals surface area contributed by atoms with Crippen LogP contribution in [0.5, 0.6) is 0 Å². The lowest BCUT2D eigenvalue weighted by atomic mass is 9.68. The summed E-state index contributed by atoms with van der Waals surface area (Å²) >= 11 is 0. The number of nitriles is 1. The molecule has 108 valence electrons. The van der Waals surface area contributed by atoms with Crippen molar-refractivity contribution in [3.8, 4) is 6.07 Å². The third-order valence-electron chi connectivity index (χ3n) is 5.67. The molecular weight excluding hydrogens is 230 g/mol. The van der Waals surface area contributed by atoms with Gasteiger partial charge in [-0.25, -0.2) is 0 Å². The van der Waals surface area contributed by atoms with E-state index in [-0.39, 0.29) is 0 Å². The highest BCUT2D eigenvalue weighted by atomic mass is 14.4. The summed E-state index contributed by atoms with van der Waals surface area (Å²) < 4.78 is 0. The minimum absolute atomic E-state index is 0.376. The molecule has 0 aliphatic heterocycles. The zero-order valence-corrected chi connectivity index (χ0v) is 12.7. The van der Waals surface area contributed by atoms with Crippen molar-refractivity contribution in [2.45, 2.75) is 84.0 Å². The van der Waals surface area contributed by atoms with Gasteiger partial charge in [0.2, 0.25) is 0 Å². The third kappa shape index (κ3) is 4.51. The number of nitrogens with zero attached hydrogens (tertiary/aromatic N) is 1. The molecule has 2 fully saturated rings. The molecule has 0 aromatic rings. The molecule has 0 unspecified atom stereocenters. The van der Waals surface area contributed by atoms with Crippen molar-refractivity contribution in [2.24, 2.45) is 23.7 Å². The Hall–Kier alpha value is -0.510. The Morgan fingerprint density at radius 1 is 0.947 bits per heavy atom. The van der Waals surface area contributed by atoms with Crippen LogP contribution in [-0.4, -0.2) is 0 Å². The predicted molar refractivity (Wildman–Crippen MR) is 80.7 cm³/mol. The van der Waals surface area contributed by atoms with Crippen LogP contribution in [0.2, 0.25) is 0 Å². The average molecular weight is 261 g/mol. The highest BCUT2D eigenvalue weighted by molar-refractivity contribution is 4.90. The summed E-state index contributed by atoms with van der Waals surface area (Å²) in [5.74, 6) is 3.24. The van der Waals surface area contributed by atoms with Crippen LogP contribution in [0.4, 0.5) is 0 Å². The number of rotatable bonds is 5. The maximum absolute atomic E-state index is 9.12. The molecule has 0 N–H and O–H groups in total. The Labute approximate surface area is 119 Å². The van der Waals surface area contributed by atoms with E-state index in [1.807, 2.05) is 0 Å². The average Bonchev–Trinajstić information content (AvgIpc) is 2.48. The zero-order valence-electron chi connectivity index (χ0n) is 12.7. The lowest BCUT2D eigenvalue weighted by Gasteiger charge is -2.37. The van der Waals surface area contributed by atoms with Gasteiger partial charge in [-0.3, -0.25) is 0 Å². The molecular formula is C18H31N. The number of hydrogen-bond donors (Lipinski definition) is 0. The van der Waals surface area contributed by atoms with Crippen molar-refractivity contribution >= 4 is 0 Å². The maximum Gasteiger partial charge on any atom is 0.0655 e. The molecule has 0 radical (unpaired) electrons. The Morgan fingerprint density at radius 2 is 1.74 bits per heavy atom. The lowest BCUT2D eigenvalue weighted by Crippen LogP contribution is -2.26. The summed E-state index contributed by atoms with van der Waals surface area (Å²) in [7, 11) is 0. The number of hydrogen-bond acceptors (Lipinski definition) is 1. The van der Waals surface area contributed by atoms with Crippen molar-refractivity contribution in [1.82, 2.24) is 0 Å². The molecule has 2 aliphatic carbocycles. The van der Waals surface area contributed by atoms with Gasteiger partial charge in [-0.05, 0) is 43.4 Å². The second kappa shape index (κ2) is 7.93. The largest absolute Gasteiger partial charge is 0.198 e. The molecule has 0 amide bonds. The first-order valence-electron chi connectivity index (χ1n) is 8.73. The van der Waals surface area contributed by atoms with Gasteiger partial charge < -0.3 is 0 Å². The van der Waals surface area contributed by atoms with Crippen LogP contribution < -0.4 is 0 Å². The predicted octanol–water partition coefficient (Wildman–Crippen LogP) is 5.70. The lowest BCUT2D eigenvalue weighted by molar-refractivity contribution is 0.149. The first-order valence-corrected chi connectivity index (χ1v) is 8.73. The third-order valence-corrected chi connectivity index (χ3v) is 5.67. The van der Waals surface area contributed by atoms with Gasteiger partial charge in [0, 0.05) is 5.92 Å². The van der Waals surface area contributed by atoms with Gasteiger partial charge in [0.1, 0.15) is 0 Å². The van der Waals surface area contributed by atoms with Gasteiger partial charge in [-0.15, -0.1) is 0 Å². The minimum atomic E-state index is 0.376. The molecule has 1 heteroatoms. The van der Waals surface area contributed by atoms with Gasteiger partial charge in [-0.1, -0.05) is 58.3 Å². The summed E-state index contributed by atoms with van der Waals surface area (Å²) in [5.41, 5.74) is 0. The van der Waals surface area contributed by atoms with Crippen molar-refractivity contribution < 1.29 is 0 Å². The second-order valence-corrected chi connectivity index (χ2v) is 7.03. The molecule has 2 atom stereocenters. The maximum atomic E-state index is 9.12. The molecule has 0 bridgehead atoms. The Bertz CT molecular complexity index is 283. The van der Waals surface area contributed by atoms with E-state index in [0.717, 1.165) is 17.8 Å². The quantitative estimate of drug-likeness (QED) is 0.582. The molecule has 0 aromatic carbocycles. The van der Waals surface area contributed by atoms with Gasteiger partial charge in [0.15, 0.2) is 0 Å². The molecule has 2 aliphatic rings. The summed E-state index contributed by atoms with van der Waals surface area (Å²) in [6, 6.07) is 2.52. The molecule has 1 nitrogen and oxygen atoms in total. The zero-order chi connectivity index (χ0) is 13.5. The van der Waals surface area contributed by atoms with E-state index < -0.39 is 0 Å². The minimum Gasteiger partial charge on any atom is -0.198 e. The van der Waals surface area contributed by atoms with Crippen molar-refractivity contribution in [3.63, 3.8) is 0 Å². The standard InChI is InChI=1S/C18H31N/c1-2-3-4-6-15-9-11-17(12-10-15)18-8-5-7-16(13-18)14-19/h15-18H,2-13H2,1H3/t15-,16-,17+,18-/m1/s1. The van der Waals surface area contributed by atoms with Crippen molar-refractivity contribution in [1.29, 1.82) is 5.26 Å². The molecule has 2 saturated carbocycles. The van der Waals surface area contributed by atoms with Crippen LogP contribution in [0.3, 0.4) is 0 Å². The van der Waals surface area contributed by atoms with Gasteiger partial charge in [0.05, 0.1) is 6.07 Å². The SMILES string of the molecule is CCCCC[C@H]1CC[C@@H]([C@@H]2CCC[C@@H](C#N)C2)CC1. The summed E-state index contributed by atoms with van der Waals surface area (Å²) in [6.45, 7) is 2.30. The van der Waals surface area contributed by atoms with Crippen molar-refractivity contribution in [2.75, 3.05) is 0 Å². The molecule has 2 rings (SSSR count). The fourth-order valence-corrected chi connectivity index (χ4v) is 4.40. The van der Waals surface area contributed by atoms with E-state index in [1.165, 1.54) is 77.0 Å². The highest BCUT2D eigenvalue weighted by Gasteiger charge is 2.31. The Morgan fingerprint density at radius 3 is 2.42 bits per heavy atom. The Kier molecular flexibility index (Phi) is 6.21. The fourth-order valence-electron chi connectivity index (χ4n) is 4.40. The van der Waals surface area contributed by atoms with Crippen LogP contribution >= 0.6 is 0 Å². The number of unbranched alkanes of at least 4 members (excludes halogenated alkanes) is 2. The van der Waals surface area contributed by atoms with Gasteiger partial charge in [0.25, 0.3) is 0 Å². The smallest absolute Gasteiger partial charge is 0.0655 e. The van der Waals surface area contributed by atoms with Gasteiger partial charge in [-0.2, -0.15) is 5.26 Å². The van der Waals surface area contributed by atoms with Crippen LogP contribution in [0.15, 0.2) is 0 Å². The van der Waals surface area contributed by atoms with Gasteiger partial charge >= 0.3 is 0 Å². The summed E-state index contributed by atoms with van der Waals surface area (Å²) in [6.07, 6.45) is 16.7. The molecule has 0 aromatic heterocycles. The topological polar surface area (TPSA) is 23.8 Å². The normalized spacial score (nSPS) is 35.8. The van der Waals surface area contributed by atoms with Crippen molar-refractivity contribution in [3.05, 3.63) is 0 Å². The van der Waals surface area contributed by atoms with Crippen LogP contribution in [-0.2, 0) is 0 Å². The summed E-state index contributed by atoms with van der Waals surface area (Å²) in [4.78, 5) is 0.